The number of unbranched alkanes of at least 4 members (excludes halogenated alkanes) is 4. The minimum Gasteiger partial charge on any atom is -0.344 e. The van der Waals surface area contributed by atoms with Crippen molar-refractivity contribution in [1.29, 1.82) is 0 Å². The third-order valence-electron chi connectivity index (χ3n) is 1.94. The van der Waals surface area contributed by atoms with E-state index in [1.807, 2.05) is 6.08 Å². The maximum Gasteiger partial charge on any atom is -0.0353 e. The second kappa shape index (κ2) is 10.7. The molecular weight excluding hydrogens is 146 g/mol. The van der Waals surface area contributed by atoms with Gasteiger partial charge in [-0.05, 0) is 18.8 Å². The van der Waals surface area contributed by atoms with E-state index < -0.39 is 0 Å². The fraction of sp³-hybridized carbons (Fsp3) is 0.818. The Balaban J connectivity index is 0. The van der Waals surface area contributed by atoms with Crippen LogP contribution < -0.4 is 6.15 Å². The molecule has 0 amide bonds. The molecule has 0 aromatic carbocycles. The molecule has 0 saturated heterocycles. The van der Waals surface area contributed by atoms with E-state index in [9.17, 15) is 0 Å². The molecule has 74 valence electrons. The SMILES string of the molecule is C=CCCCCCCC(C)C.N. The zero-order valence-electron chi connectivity index (χ0n) is 8.81. The zero-order chi connectivity index (χ0) is 8.53. The first-order valence-corrected chi connectivity index (χ1v) is 4.88. The highest BCUT2D eigenvalue weighted by Crippen LogP contribution is 2.10. The fourth-order valence-electron chi connectivity index (χ4n) is 1.19. The number of rotatable bonds is 7. The normalized spacial score (nSPS) is 9.58. The first-order chi connectivity index (χ1) is 5.27. The van der Waals surface area contributed by atoms with Crippen molar-refractivity contribution in [2.24, 2.45) is 5.92 Å². The fourth-order valence-corrected chi connectivity index (χ4v) is 1.19. The molecule has 0 aromatic rings. The van der Waals surface area contributed by atoms with Crippen molar-refractivity contribution in [3.63, 3.8) is 0 Å². The molecular formula is C11H25N. The van der Waals surface area contributed by atoms with Crippen LogP contribution in [0.1, 0.15) is 52.4 Å². The highest BCUT2D eigenvalue weighted by molar-refractivity contribution is 4.65. The standard InChI is InChI=1S/C11H22.H3N/c1-4-5-6-7-8-9-10-11(2)3;/h4,11H,1,5-10H2,2-3H3;1H3. The molecule has 1 nitrogen and oxygen atoms in total. The summed E-state index contributed by atoms with van der Waals surface area (Å²) < 4.78 is 0. The summed E-state index contributed by atoms with van der Waals surface area (Å²) in [4.78, 5) is 0. The van der Waals surface area contributed by atoms with Gasteiger partial charge in [-0.2, -0.15) is 0 Å². The first kappa shape index (κ1) is 14.2. The van der Waals surface area contributed by atoms with Gasteiger partial charge in [-0.15, -0.1) is 6.58 Å². The van der Waals surface area contributed by atoms with Crippen molar-refractivity contribution < 1.29 is 0 Å². The summed E-state index contributed by atoms with van der Waals surface area (Å²) in [6.07, 6.45) is 10.2. The largest absolute Gasteiger partial charge is 0.344 e. The summed E-state index contributed by atoms with van der Waals surface area (Å²) in [6, 6.07) is 0. The molecule has 0 saturated carbocycles. The molecule has 1 heteroatoms. The van der Waals surface area contributed by atoms with E-state index in [0.29, 0.717) is 0 Å². The van der Waals surface area contributed by atoms with Crippen LogP contribution in [0.4, 0.5) is 0 Å². The van der Waals surface area contributed by atoms with Crippen molar-refractivity contribution in [2.45, 2.75) is 52.4 Å². The van der Waals surface area contributed by atoms with Gasteiger partial charge in [-0.1, -0.05) is 45.6 Å². The smallest absolute Gasteiger partial charge is 0.0353 e. The molecule has 0 unspecified atom stereocenters. The van der Waals surface area contributed by atoms with Crippen LogP contribution in [0.5, 0.6) is 0 Å². The van der Waals surface area contributed by atoms with Crippen LogP contribution in [0.2, 0.25) is 0 Å². The molecule has 0 heterocycles. The summed E-state index contributed by atoms with van der Waals surface area (Å²) in [5, 5.41) is 0. The molecule has 0 rings (SSSR count). The van der Waals surface area contributed by atoms with Gasteiger partial charge in [0.2, 0.25) is 0 Å². The number of hydrogen-bond acceptors (Lipinski definition) is 1. The average Bonchev–Trinajstić information content (AvgIpc) is 1.96. The summed E-state index contributed by atoms with van der Waals surface area (Å²) in [6.45, 7) is 8.30. The molecule has 0 aliphatic rings. The number of allylic oxidation sites excluding steroid dienone is 1. The maximum atomic E-state index is 3.71. The Morgan fingerprint density at radius 1 is 1.08 bits per heavy atom. The van der Waals surface area contributed by atoms with Gasteiger partial charge in [-0.25, -0.2) is 0 Å². The maximum absolute atomic E-state index is 3.71. The van der Waals surface area contributed by atoms with E-state index >= 15 is 0 Å². The third-order valence-corrected chi connectivity index (χ3v) is 1.94. The quantitative estimate of drug-likeness (QED) is 0.449. The minimum absolute atomic E-state index is 0. The van der Waals surface area contributed by atoms with Gasteiger partial charge in [0.15, 0.2) is 0 Å². The molecule has 0 aliphatic heterocycles. The van der Waals surface area contributed by atoms with Crippen molar-refractivity contribution in [3.05, 3.63) is 12.7 Å². The van der Waals surface area contributed by atoms with Crippen LogP contribution in [-0.4, -0.2) is 0 Å². The van der Waals surface area contributed by atoms with Crippen LogP contribution in [0.25, 0.3) is 0 Å². The summed E-state index contributed by atoms with van der Waals surface area (Å²) >= 11 is 0. The lowest BCUT2D eigenvalue weighted by atomic mass is 10.0. The lowest BCUT2D eigenvalue weighted by Gasteiger charge is -2.02. The molecule has 0 atom stereocenters. The van der Waals surface area contributed by atoms with E-state index in [2.05, 4.69) is 20.4 Å². The highest BCUT2D eigenvalue weighted by atomic mass is 14.0. The molecule has 12 heavy (non-hydrogen) atoms. The molecule has 0 aliphatic carbocycles. The van der Waals surface area contributed by atoms with Crippen LogP contribution in [-0.2, 0) is 0 Å². The van der Waals surface area contributed by atoms with Crippen molar-refractivity contribution in [1.82, 2.24) is 6.15 Å². The predicted molar refractivity (Wildman–Crippen MR) is 57.8 cm³/mol. The predicted octanol–water partition coefficient (Wildman–Crippen LogP) is 4.33. The Bertz CT molecular complexity index is 87.0. The summed E-state index contributed by atoms with van der Waals surface area (Å²) in [7, 11) is 0. The lowest BCUT2D eigenvalue weighted by Crippen LogP contribution is -1.86. The lowest BCUT2D eigenvalue weighted by molar-refractivity contribution is 0.521. The second-order valence-electron chi connectivity index (χ2n) is 3.67. The zero-order valence-corrected chi connectivity index (χ0v) is 8.81. The Kier molecular flexibility index (Phi) is 12.7. The van der Waals surface area contributed by atoms with Crippen LogP contribution in [0.3, 0.4) is 0 Å². The molecule has 0 spiro atoms. The Morgan fingerprint density at radius 3 is 2.17 bits per heavy atom. The van der Waals surface area contributed by atoms with Crippen LogP contribution in [0.15, 0.2) is 12.7 Å². The topological polar surface area (TPSA) is 35.0 Å². The van der Waals surface area contributed by atoms with Gasteiger partial charge in [0.25, 0.3) is 0 Å². The summed E-state index contributed by atoms with van der Waals surface area (Å²) in [5.74, 6) is 0.884. The second-order valence-corrected chi connectivity index (χ2v) is 3.67. The van der Waals surface area contributed by atoms with Gasteiger partial charge in [0, 0.05) is 0 Å². The van der Waals surface area contributed by atoms with E-state index in [1.165, 1.54) is 38.5 Å². The van der Waals surface area contributed by atoms with E-state index in [0.717, 1.165) is 5.92 Å². The third kappa shape index (κ3) is 12.4. The average molecular weight is 171 g/mol. The van der Waals surface area contributed by atoms with E-state index in [-0.39, 0.29) is 6.15 Å². The Hall–Kier alpha value is -0.300. The number of hydrogen-bond donors (Lipinski definition) is 1. The monoisotopic (exact) mass is 171 g/mol. The van der Waals surface area contributed by atoms with Gasteiger partial charge in [0.1, 0.15) is 0 Å². The van der Waals surface area contributed by atoms with Gasteiger partial charge < -0.3 is 6.15 Å². The Morgan fingerprint density at radius 2 is 1.67 bits per heavy atom. The molecule has 0 bridgehead atoms. The van der Waals surface area contributed by atoms with Crippen LogP contribution >= 0.6 is 0 Å². The first-order valence-electron chi connectivity index (χ1n) is 4.88. The summed E-state index contributed by atoms with van der Waals surface area (Å²) in [5.41, 5.74) is 0. The molecule has 0 aromatic heterocycles. The molecule has 0 radical (unpaired) electrons. The van der Waals surface area contributed by atoms with Gasteiger partial charge >= 0.3 is 0 Å². The minimum atomic E-state index is 0. The molecule has 0 fully saturated rings. The van der Waals surface area contributed by atoms with Crippen molar-refractivity contribution in [2.75, 3.05) is 0 Å². The highest BCUT2D eigenvalue weighted by Gasteiger charge is 1.93. The van der Waals surface area contributed by atoms with Crippen LogP contribution in [0, 0.1) is 5.92 Å². The van der Waals surface area contributed by atoms with Crippen molar-refractivity contribution in [3.8, 4) is 0 Å². The molecule has 3 N–H and O–H groups in total. The van der Waals surface area contributed by atoms with E-state index in [1.54, 1.807) is 0 Å². The van der Waals surface area contributed by atoms with Gasteiger partial charge in [-0.3, -0.25) is 0 Å². The van der Waals surface area contributed by atoms with Crippen molar-refractivity contribution >= 4 is 0 Å². The van der Waals surface area contributed by atoms with E-state index in [4.69, 9.17) is 0 Å². The van der Waals surface area contributed by atoms with Gasteiger partial charge in [0.05, 0.1) is 0 Å². The Labute approximate surface area is 77.8 Å².